The van der Waals surface area contributed by atoms with Crippen LogP contribution in [0.2, 0.25) is 0 Å². The Hall–Kier alpha value is -0.780. The fraction of sp³-hybridized carbons (Fsp3) is 0.385. The van der Waals surface area contributed by atoms with E-state index < -0.39 is 0 Å². The number of nitrogens with zero attached hydrogens (tertiary/aromatic N) is 2. The lowest BCUT2D eigenvalue weighted by Crippen LogP contribution is -2.34. The third kappa shape index (κ3) is 3.86. The van der Waals surface area contributed by atoms with Crippen molar-refractivity contribution in [2.45, 2.75) is 32.9 Å². The van der Waals surface area contributed by atoms with Gasteiger partial charge in [0.15, 0.2) is 0 Å². The van der Waals surface area contributed by atoms with Crippen molar-refractivity contribution in [2.75, 3.05) is 0 Å². The van der Waals surface area contributed by atoms with Gasteiger partial charge in [0.25, 0.3) is 0 Å². The lowest BCUT2D eigenvalue weighted by Gasteiger charge is -2.19. The van der Waals surface area contributed by atoms with Crippen molar-refractivity contribution in [1.82, 2.24) is 15.3 Å². The normalized spacial score (nSPS) is 11.8. The molecular formula is C13H16BrN3S. The molecule has 0 unspecified atom stereocenters. The fourth-order valence-electron chi connectivity index (χ4n) is 1.40. The molecule has 96 valence electrons. The van der Waals surface area contributed by atoms with E-state index in [-0.39, 0.29) is 5.54 Å². The Morgan fingerprint density at radius 1 is 1.28 bits per heavy atom. The van der Waals surface area contributed by atoms with Crippen molar-refractivity contribution in [3.63, 3.8) is 0 Å². The first-order chi connectivity index (χ1) is 8.44. The molecule has 2 heterocycles. The minimum Gasteiger partial charge on any atom is -0.307 e. The summed E-state index contributed by atoms with van der Waals surface area (Å²) in [5, 5.41) is 4.47. The van der Waals surface area contributed by atoms with Crippen LogP contribution in [0.15, 0.2) is 29.1 Å². The molecule has 0 atom stereocenters. The Labute approximate surface area is 120 Å². The smallest absolute Gasteiger partial charge is 0.125 e. The maximum Gasteiger partial charge on any atom is 0.125 e. The van der Waals surface area contributed by atoms with Crippen LogP contribution in [0.3, 0.4) is 0 Å². The van der Waals surface area contributed by atoms with Crippen LogP contribution in [-0.4, -0.2) is 15.5 Å². The van der Waals surface area contributed by atoms with Gasteiger partial charge < -0.3 is 5.32 Å². The maximum absolute atomic E-state index is 4.45. The predicted octanol–water partition coefficient (Wildman–Crippen LogP) is 3.86. The summed E-state index contributed by atoms with van der Waals surface area (Å²) in [5.74, 6) is 0. The van der Waals surface area contributed by atoms with E-state index in [0.29, 0.717) is 0 Å². The quantitative estimate of drug-likeness (QED) is 0.931. The van der Waals surface area contributed by atoms with E-state index in [9.17, 15) is 0 Å². The van der Waals surface area contributed by atoms with Gasteiger partial charge in [0, 0.05) is 45.6 Å². The molecule has 0 saturated heterocycles. The highest BCUT2D eigenvalue weighted by atomic mass is 79.9. The van der Waals surface area contributed by atoms with E-state index in [1.165, 1.54) is 4.88 Å². The van der Waals surface area contributed by atoms with E-state index in [1.807, 2.05) is 18.5 Å². The van der Waals surface area contributed by atoms with Crippen molar-refractivity contribution in [1.29, 1.82) is 0 Å². The number of aromatic nitrogens is 2. The number of nitrogens with one attached hydrogen (secondary N) is 1. The zero-order valence-electron chi connectivity index (χ0n) is 10.7. The predicted molar refractivity (Wildman–Crippen MR) is 79.6 cm³/mol. The van der Waals surface area contributed by atoms with Crippen LogP contribution in [0.5, 0.6) is 0 Å². The van der Waals surface area contributed by atoms with E-state index in [1.54, 1.807) is 17.5 Å². The van der Waals surface area contributed by atoms with E-state index in [2.05, 4.69) is 52.0 Å². The van der Waals surface area contributed by atoms with Crippen LogP contribution in [-0.2, 0) is 6.54 Å². The lowest BCUT2D eigenvalue weighted by atomic mass is 10.1. The van der Waals surface area contributed by atoms with Crippen molar-refractivity contribution in [3.05, 3.63) is 34.0 Å². The Morgan fingerprint density at radius 2 is 2.06 bits per heavy atom. The molecule has 1 N–H and O–H groups in total. The highest BCUT2D eigenvalue weighted by Gasteiger charge is 2.10. The van der Waals surface area contributed by atoms with Gasteiger partial charge in [-0.3, -0.25) is 4.98 Å². The molecule has 0 aliphatic heterocycles. The van der Waals surface area contributed by atoms with E-state index in [0.717, 1.165) is 21.6 Å². The molecule has 0 fully saturated rings. The second-order valence-electron chi connectivity index (χ2n) is 5.13. The van der Waals surface area contributed by atoms with Crippen LogP contribution in [0, 0.1) is 0 Å². The molecular weight excluding hydrogens is 310 g/mol. The summed E-state index contributed by atoms with van der Waals surface area (Å²) in [6.45, 7) is 7.33. The molecule has 0 aromatic carbocycles. The summed E-state index contributed by atoms with van der Waals surface area (Å²) >= 11 is 5.13. The van der Waals surface area contributed by atoms with Crippen molar-refractivity contribution >= 4 is 27.3 Å². The second-order valence-corrected chi connectivity index (χ2v) is 7.16. The molecule has 2 aromatic rings. The number of rotatable bonds is 3. The summed E-state index contributed by atoms with van der Waals surface area (Å²) in [4.78, 5) is 9.84. The molecule has 3 nitrogen and oxygen atoms in total. The zero-order valence-corrected chi connectivity index (χ0v) is 13.1. The van der Waals surface area contributed by atoms with Gasteiger partial charge in [0.2, 0.25) is 0 Å². The number of hydrogen-bond acceptors (Lipinski definition) is 4. The standard InChI is InChI=1S/C13H16BrN3S/c1-13(2,3)17-8-11-7-16-12(18-11)9-4-10(14)6-15-5-9/h4-7,17H,8H2,1-3H3. The van der Waals surface area contributed by atoms with Gasteiger partial charge in [-0.1, -0.05) is 0 Å². The lowest BCUT2D eigenvalue weighted by molar-refractivity contribution is 0.426. The minimum absolute atomic E-state index is 0.126. The Morgan fingerprint density at radius 3 is 2.72 bits per heavy atom. The Kier molecular flexibility index (Phi) is 4.14. The molecule has 0 bridgehead atoms. The summed E-state index contributed by atoms with van der Waals surface area (Å²) in [5.41, 5.74) is 1.18. The summed E-state index contributed by atoms with van der Waals surface area (Å²) in [7, 11) is 0. The van der Waals surface area contributed by atoms with Crippen LogP contribution in [0.4, 0.5) is 0 Å². The molecule has 0 aliphatic carbocycles. The van der Waals surface area contributed by atoms with E-state index in [4.69, 9.17) is 0 Å². The minimum atomic E-state index is 0.126. The number of pyridine rings is 1. The number of hydrogen-bond donors (Lipinski definition) is 1. The summed E-state index contributed by atoms with van der Waals surface area (Å²) in [6.07, 6.45) is 5.55. The number of halogens is 1. The molecule has 0 spiro atoms. The van der Waals surface area contributed by atoms with Gasteiger partial charge >= 0.3 is 0 Å². The molecule has 2 aromatic heterocycles. The highest BCUT2D eigenvalue weighted by molar-refractivity contribution is 9.10. The van der Waals surface area contributed by atoms with Crippen molar-refractivity contribution < 1.29 is 0 Å². The van der Waals surface area contributed by atoms with Crippen LogP contribution in [0.25, 0.3) is 10.6 Å². The maximum atomic E-state index is 4.45. The van der Waals surface area contributed by atoms with Gasteiger partial charge in [0.1, 0.15) is 5.01 Å². The summed E-state index contributed by atoms with van der Waals surface area (Å²) < 4.78 is 0.976. The third-order valence-electron chi connectivity index (χ3n) is 2.30. The molecule has 0 amide bonds. The molecule has 0 radical (unpaired) electrons. The molecule has 0 aliphatic rings. The molecule has 5 heteroatoms. The first-order valence-corrected chi connectivity index (χ1v) is 7.36. The highest BCUT2D eigenvalue weighted by Crippen LogP contribution is 2.26. The first kappa shape index (κ1) is 13.6. The molecule has 0 saturated carbocycles. The third-order valence-corrected chi connectivity index (χ3v) is 3.78. The van der Waals surface area contributed by atoms with Gasteiger partial charge in [-0.2, -0.15) is 0 Å². The van der Waals surface area contributed by atoms with Crippen LogP contribution >= 0.6 is 27.3 Å². The SMILES string of the molecule is CC(C)(C)NCc1cnc(-c2cncc(Br)c2)s1. The average Bonchev–Trinajstić information content (AvgIpc) is 2.74. The molecule has 2 rings (SSSR count). The van der Waals surface area contributed by atoms with E-state index >= 15 is 0 Å². The topological polar surface area (TPSA) is 37.8 Å². The number of thiazole rings is 1. The largest absolute Gasteiger partial charge is 0.307 e. The Balaban J connectivity index is 2.11. The van der Waals surface area contributed by atoms with Gasteiger partial charge in [0.05, 0.1) is 0 Å². The average molecular weight is 326 g/mol. The molecule has 18 heavy (non-hydrogen) atoms. The fourth-order valence-corrected chi connectivity index (χ4v) is 2.60. The monoisotopic (exact) mass is 325 g/mol. The zero-order chi connectivity index (χ0) is 13.2. The first-order valence-electron chi connectivity index (χ1n) is 5.75. The van der Waals surface area contributed by atoms with Gasteiger partial charge in [-0.15, -0.1) is 11.3 Å². The van der Waals surface area contributed by atoms with Crippen LogP contribution < -0.4 is 5.32 Å². The van der Waals surface area contributed by atoms with Crippen LogP contribution in [0.1, 0.15) is 25.6 Å². The van der Waals surface area contributed by atoms with Crippen molar-refractivity contribution in [2.24, 2.45) is 0 Å². The van der Waals surface area contributed by atoms with Gasteiger partial charge in [-0.05, 0) is 42.8 Å². The Bertz CT molecular complexity index is 531. The summed E-state index contributed by atoms with van der Waals surface area (Å²) in [6, 6.07) is 2.03. The van der Waals surface area contributed by atoms with Gasteiger partial charge in [-0.25, -0.2) is 4.98 Å². The second kappa shape index (κ2) is 5.47. The van der Waals surface area contributed by atoms with Crippen molar-refractivity contribution in [3.8, 4) is 10.6 Å².